The van der Waals surface area contributed by atoms with Crippen molar-refractivity contribution in [2.45, 2.75) is 44.6 Å². The smallest absolute Gasteiger partial charge is 0.277 e. The first-order valence-corrected chi connectivity index (χ1v) is 8.24. The number of hydrogen-bond donors (Lipinski definition) is 1. The maximum absolute atomic E-state index is 11.9. The number of rotatable bonds is 6. The Labute approximate surface area is 134 Å². The fourth-order valence-electron chi connectivity index (χ4n) is 2.07. The molecule has 0 bridgehead atoms. The van der Waals surface area contributed by atoms with Crippen molar-refractivity contribution < 1.29 is 9.21 Å². The number of carbonyl (C=O) groups excluding carboxylic acids is 1. The Morgan fingerprint density at radius 1 is 1.27 bits per heavy atom. The van der Waals surface area contributed by atoms with E-state index in [0.29, 0.717) is 17.7 Å². The van der Waals surface area contributed by atoms with E-state index in [-0.39, 0.29) is 11.2 Å². The van der Waals surface area contributed by atoms with Gasteiger partial charge in [0.1, 0.15) is 0 Å². The Bertz CT molecular complexity index is 634. The minimum absolute atomic E-state index is 0.0157. The zero-order valence-corrected chi connectivity index (χ0v) is 14.2. The van der Waals surface area contributed by atoms with Gasteiger partial charge in [-0.3, -0.25) is 4.79 Å². The molecular weight excluding hydrogens is 298 g/mol. The van der Waals surface area contributed by atoms with E-state index in [1.165, 1.54) is 11.8 Å². The predicted molar refractivity (Wildman–Crippen MR) is 87.8 cm³/mol. The van der Waals surface area contributed by atoms with Crippen molar-refractivity contribution in [1.82, 2.24) is 15.5 Å². The number of benzene rings is 1. The Morgan fingerprint density at radius 3 is 2.59 bits per heavy atom. The van der Waals surface area contributed by atoms with Crippen LogP contribution in [0.5, 0.6) is 0 Å². The molecule has 0 aliphatic heterocycles. The van der Waals surface area contributed by atoms with Crippen molar-refractivity contribution >= 4 is 17.7 Å². The first-order valence-electron chi connectivity index (χ1n) is 7.36. The summed E-state index contributed by atoms with van der Waals surface area (Å²) < 4.78 is 5.67. The Kier molecular flexibility index (Phi) is 5.60. The standard InChI is InChI=1S/C16H21N3O2S/c1-5-6-17-14(20)12(4)22-16-19-18-15(21-16)13-8-10(2)7-11(3)9-13/h7-9,12H,5-6H2,1-4H3,(H,17,20)/t12-/m1/s1. The molecule has 22 heavy (non-hydrogen) atoms. The van der Waals surface area contributed by atoms with Gasteiger partial charge in [-0.1, -0.05) is 35.9 Å². The quantitative estimate of drug-likeness (QED) is 0.827. The van der Waals surface area contributed by atoms with E-state index in [4.69, 9.17) is 4.42 Å². The topological polar surface area (TPSA) is 68.0 Å². The minimum Gasteiger partial charge on any atom is -0.411 e. The van der Waals surface area contributed by atoms with E-state index in [1.54, 1.807) is 0 Å². The lowest BCUT2D eigenvalue weighted by Gasteiger charge is -2.08. The van der Waals surface area contributed by atoms with Crippen LogP contribution in [-0.2, 0) is 4.79 Å². The summed E-state index contributed by atoms with van der Waals surface area (Å²) in [5.74, 6) is 0.466. The maximum Gasteiger partial charge on any atom is 0.277 e. The third-order valence-corrected chi connectivity index (χ3v) is 4.01. The highest BCUT2D eigenvalue weighted by Crippen LogP contribution is 2.27. The van der Waals surface area contributed by atoms with Crippen LogP contribution in [-0.4, -0.2) is 27.9 Å². The van der Waals surface area contributed by atoms with Crippen molar-refractivity contribution in [3.8, 4) is 11.5 Å². The lowest BCUT2D eigenvalue weighted by Crippen LogP contribution is -2.31. The van der Waals surface area contributed by atoms with Gasteiger partial charge >= 0.3 is 0 Å². The van der Waals surface area contributed by atoms with Gasteiger partial charge in [-0.25, -0.2) is 0 Å². The van der Waals surface area contributed by atoms with E-state index < -0.39 is 0 Å². The Balaban J connectivity index is 2.06. The molecule has 0 radical (unpaired) electrons. The summed E-state index contributed by atoms with van der Waals surface area (Å²) in [5, 5.41) is 11.1. The lowest BCUT2D eigenvalue weighted by molar-refractivity contribution is -0.120. The SMILES string of the molecule is CCCNC(=O)[C@@H](C)Sc1nnc(-c2cc(C)cc(C)c2)o1. The largest absolute Gasteiger partial charge is 0.411 e. The van der Waals surface area contributed by atoms with Crippen LogP contribution in [0.2, 0.25) is 0 Å². The van der Waals surface area contributed by atoms with Crippen molar-refractivity contribution in [2.75, 3.05) is 6.54 Å². The van der Waals surface area contributed by atoms with Crippen LogP contribution in [0.4, 0.5) is 0 Å². The average Bonchev–Trinajstić information content (AvgIpc) is 2.92. The molecular formula is C16H21N3O2S. The molecule has 118 valence electrons. The molecule has 0 aliphatic rings. The van der Waals surface area contributed by atoms with Crippen LogP contribution in [0, 0.1) is 13.8 Å². The summed E-state index contributed by atoms with van der Waals surface area (Å²) in [6.45, 7) is 8.59. The molecule has 2 aromatic rings. The highest BCUT2D eigenvalue weighted by molar-refractivity contribution is 8.00. The second kappa shape index (κ2) is 7.45. The zero-order chi connectivity index (χ0) is 16.1. The molecule has 0 spiro atoms. The van der Waals surface area contributed by atoms with Gasteiger partial charge in [-0.2, -0.15) is 0 Å². The molecule has 0 saturated heterocycles. The van der Waals surface area contributed by atoms with E-state index in [2.05, 4.69) is 21.6 Å². The molecule has 2 rings (SSSR count). The Hall–Kier alpha value is -1.82. The molecule has 6 heteroatoms. The summed E-state index contributed by atoms with van der Waals surface area (Å²) in [6.07, 6.45) is 0.917. The fourth-order valence-corrected chi connectivity index (χ4v) is 2.78. The van der Waals surface area contributed by atoms with Gasteiger partial charge in [0, 0.05) is 12.1 Å². The molecule has 0 unspecified atom stereocenters. The van der Waals surface area contributed by atoms with Gasteiger partial charge in [-0.05, 0) is 39.3 Å². The van der Waals surface area contributed by atoms with Crippen molar-refractivity contribution in [3.05, 3.63) is 29.3 Å². The maximum atomic E-state index is 11.9. The normalized spacial score (nSPS) is 12.2. The Morgan fingerprint density at radius 2 is 1.95 bits per heavy atom. The van der Waals surface area contributed by atoms with Crippen LogP contribution < -0.4 is 5.32 Å². The molecule has 1 aromatic heterocycles. The number of nitrogens with zero attached hydrogens (tertiary/aromatic N) is 2. The number of hydrogen-bond acceptors (Lipinski definition) is 5. The van der Waals surface area contributed by atoms with Crippen LogP contribution in [0.1, 0.15) is 31.4 Å². The van der Waals surface area contributed by atoms with Gasteiger partial charge in [0.25, 0.3) is 5.22 Å². The molecule has 1 aromatic carbocycles. The average molecular weight is 319 g/mol. The number of carbonyl (C=O) groups is 1. The predicted octanol–water partition coefficient (Wildman–Crippen LogP) is 3.36. The van der Waals surface area contributed by atoms with Crippen LogP contribution in [0.3, 0.4) is 0 Å². The van der Waals surface area contributed by atoms with E-state index in [9.17, 15) is 4.79 Å². The van der Waals surface area contributed by atoms with Crippen LogP contribution in [0.15, 0.2) is 27.8 Å². The first kappa shape index (κ1) is 16.5. The van der Waals surface area contributed by atoms with Gasteiger partial charge in [0.15, 0.2) is 0 Å². The van der Waals surface area contributed by atoms with Gasteiger partial charge in [0.2, 0.25) is 11.8 Å². The lowest BCUT2D eigenvalue weighted by atomic mass is 10.1. The molecule has 0 saturated carbocycles. The number of thioether (sulfide) groups is 1. The van der Waals surface area contributed by atoms with Crippen molar-refractivity contribution in [2.24, 2.45) is 0 Å². The number of aryl methyl sites for hydroxylation is 2. The van der Waals surface area contributed by atoms with E-state index in [0.717, 1.165) is 23.1 Å². The number of nitrogens with one attached hydrogen (secondary N) is 1. The molecule has 0 fully saturated rings. The molecule has 1 atom stereocenters. The molecule has 5 nitrogen and oxygen atoms in total. The summed E-state index contributed by atoms with van der Waals surface area (Å²) in [4.78, 5) is 11.9. The number of amides is 1. The molecule has 0 aliphatic carbocycles. The highest BCUT2D eigenvalue weighted by Gasteiger charge is 2.18. The van der Waals surface area contributed by atoms with Gasteiger partial charge in [-0.15, -0.1) is 10.2 Å². The van der Waals surface area contributed by atoms with Crippen LogP contribution in [0.25, 0.3) is 11.5 Å². The second-order valence-electron chi connectivity index (χ2n) is 5.30. The third kappa shape index (κ3) is 4.34. The van der Waals surface area contributed by atoms with Gasteiger partial charge < -0.3 is 9.73 Å². The van der Waals surface area contributed by atoms with Gasteiger partial charge in [0.05, 0.1) is 5.25 Å². The van der Waals surface area contributed by atoms with E-state index in [1.807, 2.05) is 39.8 Å². The highest BCUT2D eigenvalue weighted by atomic mass is 32.2. The molecule has 1 amide bonds. The van der Waals surface area contributed by atoms with Crippen molar-refractivity contribution in [3.63, 3.8) is 0 Å². The summed E-state index contributed by atoms with van der Waals surface area (Å²) in [5.41, 5.74) is 3.20. The minimum atomic E-state index is -0.265. The summed E-state index contributed by atoms with van der Waals surface area (Å²) >= 11 is 1.27. The first-order chi connectivity index (χ1) is 10.5. The van der Waals surface area contributed by atoms with Crippen LogP contribution >= 0.6 is 11.8 Å². The summed E-state index contributed by atoms with van der Waals surface area (Å²) in [7, 11) is 0. The summed E-state index contributed by atoms with van der Waals surface area (Å²) in [6, 6.07) is 6.11. The van der Waals surface area contributed by atoms with E-state index >= 15 is 0 Å². The van der Waals surface area contributed by atoms with Crippen molar-refractivity contribution in [1.29, 1.82) is 0 Å². The second-order valence-corrected chi connectivity index (χ2v) is 6.59. The fraction of sp³-hybridized carbons (Fsp3) is 0.438. The monoisotopic (exact) mass is 319 g/mol. The molecule has 1 N–H and O–H groups in total. The molecule has 1 heterocycles. The number of aromatic nitrogens is 2. The third-order valence-electron chi connectivity index (χ3n) is 3.07. The zero-order valence-electron chi connectivity index (χ0n) is 13.3.